The number of aromatic nitrogens is 2. The van der Waals surface area contributed by atoms with Crippen LogP contribution in [0.1, 0.15) is 16.8 Å². The van der Waals surface area contributed by atoms with E-state index in [1.54, 1.807) is 13.2 Å². The summed E-state index contributed by atoms with van der Waals surface area (Å²) in [5, 5.41) is 13.3. The average Bonchev–Trinajstić information content (AvgIpc) is 3.05. The smallest absolute Gasteiger partial charge is 0.266 e. The van der Waals surface area contributed by atoms with Crippen molar-refractivity contribution in [3.8, 4) is 34.4 Å². The molecular weight excluding hydrogens is 306 g/mol. The third-order valence-electron chi connectivity index (χ3n) is 4.26. The second-order valence-electron chi connectivity index (χ2n) is 5.58. The molecule has 6 heteroatoms. The van der Waals surface area contributed by atoms with Gasteiger partial charge in [-0.1, -0.05) is 5.16 Å². The van der Waals surface area contributed by atoms with Gasteiger partial charge in [0.2, 0.25) is 0 Å². The van der Waals surface area contributed by atoms with Gasteiger partial charge in [-0.05, 0) is 43.2 Å². The van der Waals surface area contributed by atoms with Crippen LogP contribution >= 0.6 is 0 Å². The second kappa shape index (κ2) is 5.39. The number of ether oxygens (including phenoxy) is 1. The molecule has 3 aromatic rings. The van der Waals surface area contributed by atoms with E-state index in [-0.39, 0.29) is 11.1 Å². The zero-order valence-corrected chi connectivity index (χ0v) is 12.9. The summed E-state index contributed by atoms with van der Waals surface area (Å²) in [5.41, 5.74) is 3.93. The van der Waals surface area contributed by atoms with Crippen LogP contribution in [0.15, 0.2) is 39.6 Å². The highest BCUT2D eigenvalue weighted by Gasteiger charge is 2.26. The number of nitrogens with one attached hydrogen (secondary N) is 1. The number of benzene rings is 1. The predicted octanol–water partition coefficient (Wildman–Crippen LogP) is 2.68. The molecular formula is C18H13N3O3. The Morgan fingerprint density at radius 2 is 2.08 bits per heavy atom. The second-order valence-corrected chi connectivity index (χ2v) is 5.58. The van der Waals surface area contributed by atoms with Gasteiger partial charge in [-0.15, -0.1) is 0 Å². The van der Waals surface area contributed by atoms with Crippen LogP contribution in [0.4, 0.5) is 0 Å². The molecule has 2 aromatic heterocycles. The number of aromatic amines is 1. The molecule has 0 aliphatic heterocycles. The van der Waals surface area contributed by atoms with Crippen LogP contribution in [-0.4, -0.2) is 17.3 Å². The summed E-state index contributed by atoms with van der Waals surface area (Å²) in [6.07, 6.45) is 1.39. The van der Waals surface area contributed by atoms with Crippen molar-refractivity contribution >= 4 is 0 Å². The van der Waals surface area contributed by atoms with Crippen LogP contribution in [0.5, 0.6) is 5.75 Å². The molecule has 24 heavy (non-hydrogen) atoms. The summed E-state index contributed by atoms with van der Waals surface area (Å²) in [6, 6.07) is 11.1. The molecule has 0 saturated heterocycles. The number of aryl methyl sites for hydroxylation is 1. The van der Waals surface area contributed by atoms with Crippen molar-refractivity contribution in [3.63, 3.8) is 0 Å². The zero-order valence-electron chi connectivity index (χ0n) is 12.9. The average molecular weight is 319 g/mol. The third-order valence-corrected chi connectivity index (χ3v) is 4.26. The first-order chi connectivity index (χ1) is 11.7. The van der Waals surface area contributed by atoms with Crippen LogP contribution < -0.4 is 10.3 Å². The fourth-order valence-electron chi connectivity index (χ4n) is 3.03. The number of rotatable bonds is 2. The van der Waals surface area contributed by atoms with Crippen molar-refractivity contribution in [1.82, 2.24) is 10.1 Å². The molecule has 1 aromatic carbocycles. The van der Waals surface area contributed by atoms with E-state index < -0.39 is 0 Å². The van der Waals surface area contributed by atoms with Gasteiger partial charge in [0.1, 0.15) is 23.1 Å². The molecule has 0 amide bonds. The van der Waals surface area contributed by atoms with Gasteiger partial charge in [-0.3, -0.25) is 4.79 Å². The van der Waals surface area contributed by atoms with Crippen LogP contribution in [0, 0.1) is 11.3 Å². The van der Waals surface area contributed by atoms with Crippen LogP contribution in [0.3, 0.4) is 0 Å². The van der Waals surface area contributed by atoms with E-state index in [0.29, 0.717) is 12.2 Å². The van der Waals surface area contributed by atoms with E-state index in [2.05, 4.69) is 10.1 Å². The van der Waals surface area contributed by atoms with E-state index in [1.807, 2.05) is 30.3 Å². The van der Waals surface area contributed by atoms with Crippen molar-refractivity contribution in [1.29, 1.82) is 5.26 Å². The Morgan fingerprint density at radius 1 is 1.29 bits per heavy atom. The lowest BCUT2D eigenvalue weighted by Gasteiger charge is -2.14. The van der Waals surface area contributed by atoms with Gasteiger partial charge in [0, 0.05) is 22.4 Å². The SMILES string of the molecule is COc1ccc(-c2noc3c2CCc2[nH]c(=O)c(C#N)cc2-3)cc1. The van der Waals surface area contributed by atoms with Gasteiger partial charge in [-0.2, -0.15) is 5.26 Å². The first-order valence-corrected chi connectivity index (χ1v) is 7.51. The van der Waals surface area contributed by atoms with Crippen LogP contribution in [0.25, 0.3) is 22.6 Å². The Bertz CT molecular complexity index is 1020. The maximum Gasteiger partial charge on any atom is 0.266 e. The fraction of sp³-hybridized carbons (Fsp3) is 0.167. The summed E-state index contributed by atoms with van der Waals surface area (Å²) in [7, 11) is 1.62. The number of hydrogen-bond donors (Lipinski definition) is 1. The molecule has 2 heterocycles. The summed E-state index contributed by atoms with van der Waals surface area (Å²) >= 11 is 0. The number of hydrogen-bond acceptors (Lipinski definition) is 5. The van der Waals surface area contributed by atoms with E-state index in [9.17, 15) is 4.79 Å². The van der Waals surface area contributed by atoms with Crippen LogP contribution in [-0.2, 0) is 12.8 Å². The van der Waals surface area contributed by atoms with Crippen molar-refractivity contribution in [2.75, 3.05) is 7.11 Å². The first-order valence-electron chi connectivity index (χ1n) is 7.51. The van der Waals surface area contributed by atoms with Crippen molar-refractivity contribution < 1.29 is 9.26 Å². The molecule has 1 aliphatic carbocycles. The monoisotopic (exact) mass is 319 g/mol. The molecule has 0 bridgehead atoms. The van der Waals surface area contributed by atoms with E-state index >= 15 is 0 Å². The fourth-order valence-corrected chi connectivity index (χ4v) is 3.03. The number of fused-ring (bicyclic) bond motifs is 3. The van der Waals surface area contributed by atoms with Gasteiger partial charge in [-0.25, -0.2) is 0 Å². The minimum Gasteiger partial charge on any atom is -0.497 e. The van der Waals surface area contributed by atoms with E-state index in [1.165, 1.54) is 0 Å². The molecule has 118 valence electrons. The van der Waals surface area contributed by atoms with Crippen LogP contribution in [0.2, 0.25) is 0 Å². The highest BCUT2D eigenvalue weighted by Crippen LogP contribution is 2.38. The lowest BCUT2D eigenvalue weighted by atomic mass is 9.91. The van der Waals surface area contributed by atoms with Gasteiger partial charge >= 0.3 is 0 Å². The molecule has 1 aliphatic rings. The predicted molar refractivity (Wildman–Crippen MR) is 86.7 cm³/mol. The molecule has 0 atom stereocenters. The lowest BCUT2D eigenvalue weighted by Crippen LogP contribution is -2.16. The molecule has 4 rings (SSSR count). The van der Waals surface area contributed by atoms with Gasteiger partial charge in [0.25, 0.3) is 5.56 Å². The summed E-state index contributed by atoms with van der Waals surface area (Å²) in [6.45, 7) is 0. The molecule has 0 radical (unpaired) electrons. The number of methoxy groups -OCH3 is 1. The maximum absolute atomic E-state index is 11.8. The van der Waals surface area contributed by atoms with Gasteiger partial charge in [0.05, 0.1) is 7.11 Å². The molecule has 1 N–H and O–H groups in total. The van der Waals surface area contributed by atoms with E-state index in [0.717, 1.165) is 40.2 Å². The Kier molecular flexibility index (Phi) is 3.21. The number of nitriles is 1. The Hall–Kier alpha value is -3.33. The van der Waals surface area contributed by atoms with Crippen molar-refractivity contribution in [2.45, 2.75) is 12.8 Å². The molecule has 0 saturated carbocycles. The minimum atomic E-state index is -0.366. The molecule has 0 spiro atoms. The largest absolute Gasteiger partial charge is 0.497 e. The molecule has 6 nitrogen and oxygen atoms in total. The Labute approximate surface area is 137 Å². The van der Waals surface area contributed by atoms with E-state index in [4.69, 9.17) is 14.5 Å². The highest BCUT2D eigenvalue weighted by molar-refractivity contribution is 5.76. The van der Waals surface area contributed by atoms with Gasteiger partial charge < -0.3 is 14.2 Å². The number of H-pyrrole nitrogens is 1. The number of pyridine rings is 1. The first kappa shape index (κ1) is 14.3. The Balaban J connectivity index is 1.85. The van der Waals surface area contributed by atoms with Gasteiger partial charge in [0.15, 0.2) is 5.76 Å². The Morgan fingerprint density at radius 3 is 2.79 bits per heavy atom. The quantitative estimate of drug-likeness (QED) is 0.784. The topological polar surface area (TPSA) is 91.9 Å². The third kappa shape index (κ3) is 2.10. The molecule has 0 fully saturated rings. The zero-order chi connectivity index (χ0) is 16.7. The summed E-state index contributed by atoms with van der Waals surface area (Å²) in [4.78, 5) is 14.6. The standard InChI is InChI=1S/C18H13N3O3/c1-23-12-4-2-10(3-5-12)16-13-6-7-15-14(17(13)24-21-16)8-11(9-19)18(22)20-15/h2-5,8H,6-7H2,1H3,(H,20,22). The minimum absolute atomic E-state index is 0.0731. The molecule has 0 unspecified atom stereocenters. The maximum atomic E-state index is 11.8. The lowest BCUT2D eigenvalue weighted by molar-refractivity contribution is 0.414. The number of nitrogens with zero attached hydrogens (tertiary/aromatic N) is 2. The summed E-state index contributed by atoms with van der Waals surface area (Å²) < 4.78 is 10.7. The van der Waals surface area contributed by atoms with Crippen molar-refractivity contribution in [3.05, 3.63) is 57.5 Å². The highest BCUT2D eigenvalue weighted by atomic mass is 16.5. The van der Waals surface area contributed by atoms with Crippen molar-refractivity contribution in [2.24, 2.45) is 0 Å². The summed E-state index contributed by atoms with van der Waals surface area (Å²) in [5.74, 6) is 1.40. The normalized spacial score (nSPS) is 12.2.